The van der Waals surface area contributed by atoms with E-state index in [1.807, 2.05) is 6.92 Å². The fourth-order valence-electron chi connectivity index (χ4n) is 0.371. The highest BCUT2D eigenvalue weighted by Crippen LogP contribution is 1.82. The first kappa shape index (κ1) is 11.5. The van der Waals surface area contributed by atoms with E-state index in [1.165, 1.54) is 0 Å². The number of nitrogens with one attached hydrogen (secondary N) is 1. The number of rotatable bonds is 2. The second kappa shape index (κ2) is 5.85. The monoisotopic (exact) mass is 152 g/mol. The van der Waals surface area contributed by atoms with E-state index in [0.717, 1.165) is 0 Å². The predicted molar refractivity (Wildman–Crippen MR) is 39.6 cm³/mol. The topological polar surface area (TPSA) is 55.1 Å². The summed E-state index contributed by atoms with van der Waals surface area (Å²) in [5.74, 6) is -0.0903. The standard InChI is InChI=1S/C5H12N2O.ClH/c1-3-4(6)5(8)7-2;/h4H,3,6H2,1-2H3,(H,7,8);1H. The van der Waals surface area contributed by atoms with Crippen molar-refractivity contribution >= 4 is 18.3 Å². The first-order valence-corrected chi connectivity index (χ1v) is 2.69. The number of hydrogen-bond donors (Lipinski definition) is 2. The largest absolute Gasteiger partial charge is 0.358 e. The lowest BCUT2D eigenvalue weighted by molar-refractivity contribution is -0.121. The zero-order valence-corrected chi connectivity index (χ0v) is 6.49. The van der Waals surface area contributed by atoms with Crippen molar-refractivity contribution in [2.45, 2.75) is 19.4 Å². The van der Waals surface area contributed by atoms with Gasteiger partial charge in [0.15, 0.2) is 0 Å². The number of carbonyl (C=O) groups excluding carboxylic acids is 1. The average Bonchev–Trinajstić information content (AvgIpc) is 1.84. The van der Waals surface area contributed by atoms with E-state index in [-0.39, 0.29) is 24.4 Å². The number of carbonyl (C=O) groups is 1. The molecular formula is C5H13ClN2O. The summed E-state index contributed by atoms with van der Waals surface area (Å²) in [6.45, 7) is 1.87. The van der Waals surface area contributed by atoms with Crippen LogP contribution in [0.1, 0.15) is 13.3 Å². The van der Waals surface area contributed by atoms with Gasteiger partial charge in [-0.1, -0.05) is 6.92 Å². The van der Waals surface area contributed by atoms with Gasteiger partial charge in [0.25, 0.3) is 0 Å². The molecule has 1 unspecified atom stereocenters. The Hall–Kier alpha value is -0.280. The summed E-state index contributed by atoms with van der Waals surface area (Å²) in [4.78, 5) is 10.5. The van der Waals surface area contributed by atoms with Crippen LogP contribution in [0.2, 0.25) is 0 Å². The third kappa shape index (κ3) is 4.24. The normalized spacial score (nSPS) is 11.4. The molecule has 0 fully saturated rings. The van der Waals surface area contributed by atoms with Crippen molar-refractivity contribution in [1.29, 1.82) is 0 Å². The van der Waals surface area contributed by atoms with Gasteiger partial charge in [-0.05, 0) is 6.42 Å². The Morgan fingerprint density at radius 1 is 1.78 bits per heavy atom. The molecule has 4 heteroatoms. The maximum atomic E-state index is 10.5. The van der Waals surface area contributed by atoms with E-state index in [4.69, 9.17) is 5.73 Å². The molecule has 56 valence electrons. The summed E-state index contributed by atoms with van der Waals surface area (Å²) in [6.07, 6.45) is 0.694. The summed E-state index contributed by atoms with van der Waals surface area (Å²) in [5.41, 5.74) is 5.31. The zero-order chi connectivity index (χ0) is 6.57. The number of halogens is 1. The van der Waals surface area contributed by atoms with Crippen LogP contribution in [0.5, 0.6) is 0 Å². The second-order valence-electron chi connectivity index (χ2n) is 1.63. The summed E-state index contributed by atoms with van der Waals surface area (Å²) >= 11 is 0. The molecule has 3 N–H and O–H groups in total. The van der Waals surface area contributed by atoms with Gasteiger partial charge in [-0.3, -0.25) is 4.79 Å². The van der Waals surface area contributed by atoms with Gasteiger partial charge in [0.2, 0.25) is 5.91 Å². The highest BCUT2D eigenvalue weighted by Gasteiger charge is 2.06. The van der Waals surface area contributed by atoms with Crippen molar-refractivity contribution in [1.82, 2.24) is 5.32 Å². The Labute approximate surface area is 61.4 Å². The van der Waals surface area contributed by atoms with E-state index >= 15 is 0 Å². The van der Waals surface area contributed by atoms with Crippen LogP contribution < -0.4 is 11.1 Å². The predicted octanol–water partition coefficient (Wildman–Crippen LogP) is -0.109. The molecule has 9 heavy (non-hydrogen) atoms. The van der Waals surface area contributed by atoms with Crippen LogP contribution in [0.4, 0.5) is 0 Å². The van der Waals surface area contributed by atoms with Crippen molar-refractivity contribution < 1.29 is 4.79 Å². The number of likely N-dealkylation sites (N-methyl/N-ethyl adjacent to an activating group) is 1. The van der Waals surface area contributed by atoms with E-state index < -0.39 is 0 Å². The summed E-state index contributed by atoms with van der Waals surface area (Å²) in [6, 6.07) is -0.333. The Kier molecular flexibility index (Phi) is 7.48. The van der Waals surface area contributed by atoms with Crippen LogP contribution in [-0.2, 0) is 4.79 Å². The minimum absolute atomic E-state index is 0. The quantitative estimate of drug-likeness (QED) is 0.580. The van der Waals surface area contributed by atoms with E-state index in [9.17, 15) is 4.79 Å². The summed E-state index contributed by atoms with van der Waals surface area (Å²) in [7, 11) is 1.58. The number of hydrogen-bond acceptors (Lipinski definition) is 2. The first-order chi connectivity index (χ1) is 3.72. The van der Waals surface area contributed by atoms with Crippen LogP contribution in [0.3, 0.4) is 0 Å². The molecule has 0 bridgehead atoms. The maximum Gasteiger partial charge on any atom is 0.236 e. The number of amides is 1. The van der Waals surface area contributed by atoms with Gasteiger partial charge >= 0.3 is 0 Å². The highest BCUT2D eigenvalue weighted by molar-refractivity contribution is 5.85. The minimum Gasteiger partial charge on any atom is -0.358 e. The molecule has 3 nitrogen and oxygen atoms in total. The molecule has 0 radical (unpaired) electrons. The smallest absolute Gasteiger partial charge is 0.236 e. The van der Waals surface area contributed by atoms with Crippen molar-refractivity contribution in [3.05, 3.63) is 0 Å². The van der Waals surface area contributed by atoms with E-state index in [1.54, 1.807) is 7.05 Å². The SMILES string of the molecule is CCC(N)C(=O)NC.Cl. The van der Waals surface area contributed by atoms with Gasteiger partial charge in [-0.15, -0.1) is 12.4 Å². The lowest BCUT2D eigenvalue weighted by Gasteiger charge is -2.04. The Morgan fingerprint density at radius 3 is 2.33 bits per heavy atom. The van der Waals surface area contributed by atoms with Crippen LogP contribution in [-0.4, -0.2) is 19.0 Å². The molecule has 0 spiro atoms. The molecule has 1 atom stereocenters. The third-order valence-electron chi connectivity index (χ3n) is 1.02. The Bertz CT molecular complexity index is 87.0. The molecule has 0 aromatic carbocycles. The summed E-state index contributed by atoms with van der Waals surface area (Å²) in [5, 5.41) is 2.45. The average molecular weight is 153 g/mol. The molecule has 0 aromatic heterocycles. The first-order valence-electron chi connectivity index (χ1n) is 2.69. The fourth-order valence-corrected chi connectivity index (χ4v) is 0.371. The molecule has 0 aliphatic carbocycles. The van der Waals surface area contributed by atoms with Crippen LogP contribution in [0.25, 0.3) is 0 Å². The van der Waals surface area contributed by atoms with Gasteiger partial charge in [-0.25, -0.2) is 0 Å². The molecule has 1 amide bonds. The lowest BCUT2D eigenvalue weighted by atomic mass is 10.2. The van der Waals surface area contributed by atoms with Crippen LogP contribution in [0.15, 0.2) is 0 Å². The molecule has 0 rings (SSSR count). The van der Waals surface area contributed by atoms with Crippen LogP contribution in [0, 0.1) is 0 Å². The van der Waals surface area contributed by atoms with Gasteiger partial charge in [0.05, 0.1) is 6.04 Å². The van der Waals surface area contributed by atoms with Crippen LogP contribution >= 0.6 is 12.4 Å². The molecule has 0 aliphatic rings. The Balaban J connectivity index is 0. The molecule has 0 aliphatic heterocycles. The van der Waals surface area contributed by atoms with Crippen molar-refractivity contribution in [2.24, 2.45) is 5.73 Å². The van der Waals surface area contributed by atoms with E-state index in [2.05, 4.69) is 5.32 Å². The molecule has 0 saturated heterocycles. The number of nitrogens with two attached hydrogens (primary N) is 1. The summed E-state index contributed by atoms with van der Waals surface area (Å²) < 4.78 is 0. The van der Waals surface area contributed by atoms with E-state index in [0.29, 0.717) is 6.42 Å². The van der Waals surface area contributed by atoms with Crippen molar-refractivity contribution in [3.8, 4) is 0 Å². The van der Waals surface area contributed by atoms with Crippen molar-refractivity contribution in [3.63, 3.8) is 0 Å². The highest BCUT2D eigenvalue weighted by atomic mass is 35.5. The van der Waals surface area contributed by atoms with Gasteiger partial charge in [0.1, 0.15) is 0 Å². The molecule has 0 heterocycles. The van der Waals surface area contributed by atoms with Gasteiger partial charge in [0, 0.05) is 7.05 Å². The van der Waals surface area contributed by atoms with Gasteiger partial charge < -0.3 is 11.1 Å². The second-order valence-corrected chi connectivity index (χ2v) is 1.63. The van der Waals surface area contributed by atoms with Gasteiger partial charge in [-0.2, -0.15) is 0 Å². The third-order valence-corrected chi connectivity index (χ3v) is 1.02. The molecule has 0 aromatic rings. The lowest BCUT2D eigenvalue weighted by Crippen LogP contribution is -2.37. The van der Waals surface area contributed by atoms with Crippen molar-refractivity contribution in [2.75, 3.05) is 7.05 Å². The Morgan fingerprint density at radius 2 is 2.22 bits per heavy atom. The minimum atomic E-state index is -0.333. The zero-order valence-electron chi connectivity index (χ0n) is 5.68. The molecular weight excluding hydrogens is 140 g/mol. The molecule has 0 saturated carbocycles. The maximum absolute atomic E-state index is 10.5. The fraction of sp³-hybridized carbons (Fsp3) is 0.800.